The summed E-state index contributed by atoms with van der Waals surface area (Å²) in [5.74, 6) is 0.637. The fourth-order valence-electron chi connectivity index (χ4n) is 4.05. The van der Waals surface area contributed by atoms with Crippen molar-refractivity contribution < 1.29 is 18.7 Å². The molecule has 1 amide bonds. The highest BCUT2D eigenvalue weighted by Gasteiger charge is 2.45. The lowest BCUT2D eigenvalue weighted by Gasteiger charge is -2.38. The number of hydrogen-bond acceptors (Lipinski definition) is 5. The number of fused-ring (bicyclic) bond motifs is 3. The van der Waals surface area contributed by atoms with Crippen LogP contribution in [-0.2, 0) is 4.74 Å². The third-order valence-electron chi connectivity index (χ3n) is 5.16. The Morgan fingerprint density at radius 1 is 1.14 bits per heavy atom. The Morgan fingerprint density at radius 2 is 1.82 bits per heavy atom. The van der Waals surface area contributed by atoms with Crippen LogP contribution in [0.1, 0.15) is 25.7 Å². The van der Waals surface area contributed by atoms with Crippen molar-refractivity contribution in [3.63, 3.8) is 0 Å². The highest BCUT2D eigenvalue weighted by molar-refractivity contribution is 6.67. The van der Waals surface area contributed by atoms with Gasteiger partial charge in [-0.15, -0.1) is 0 Å². The number of rotatable bonds is 3. The molecule has 2 fully saturated rings. The molecule has 0 N–H and O–H groups in total. The van der Waals surface area contributed by atoms with Gasteiger partial charge in [-0.25, -0.2) is 9.59 Å². The van der Waals surface area contributed by atoms with E-state index in [-0.39, 0.29) is 24.8 Å². The molecule has 0 saturated carbocycles. The van der Waals surface area contributed by atoms with Crippen molar-refractivity contribution in [2.45, 2.75) is 47.7 Å². The van der Waals surface area contributed by atoms with E-state index in [0.29, 0.717) is 24.2 Å². The smallest absolute Gasteiger partial charge is 0.410 e. The Bertz CT molecular complexity index is 927. The number of ether oxygens (including phenoxy) is 2. The second-order valence-electron chi connectivity index (χ2n) is 7.13. The van der Waals surface area contributed by atoms with Crippen LogP contribution < -0.4 is 10.4 Å². The van der Waals surface area contributed by atoms with E-state index in [4.69, 9.17) is 48.7 Å². The number of halogens is 3. The van der Waals surface area contributed by atoms with Crippen LogP contribution in [0.4, 0.5) is 4.79 Å². The summed E-state index contributed by atoms with van der Waals surface area (Å²) in [6.45, 7) is -0.283. The fraction of sp³-hybridized carbons (Fsp3) is 0.474. The molecule has 2 aliphatic rings. The van der Waals surface area contributed by atoms with Gasteiger partial charge in [0.1, 0.15) is 24.0 Å². The molecule has 150 valence electrons. The summed E-state index contributed by atoms with van der Waals surface area (Å²) in [4.78, 5) is 25.6. The van der Waals surface area contributed by atoms with Gasteiger partial charge in [0.15, 0.2) is 0 Å². The number of carbonyl (C=O) groups excluding carboxylic acids is 1. The van der Waals surface area contributed by atoms with Gasteiger partial charge in [-0.05, 0) is 31.0 Å². The first-order valence-corrected chi connectivity index (χ1v) is 10.1. The second-order valence-corrected chi connectivity index (χ2v) is 9.64. The molecule has 2 unspecified atom stereocenters. The molecule has 0 aliphatic carbocycles. The summed E-state index contributed by atoms with van der Waals surface area (Å²) in [6, 6.07) is 8.59. The number of benzene rings is 1. The van der Waals surface area contributed by atoms with Gasteiger partial charge in [0.25, 0.3) is 0 Å². The van der Waals surface area contributed by atoms with E-state index in [2.05, 4.69) is 0 Å². The summed E-state index contributed by atoms with van der Waals surface area (Å²) in [6.07, 6.45) is 2.67. The van der Waals surface area contributed by atoms with Gasteiger partial charge in [0.2, 0.25) is 3.79 Å². The summed E-state index contributed by atoms with van der Waals surface area (Å²) >= 11 is 17.0. The van der Waals surface area contributed by atoms with Crippen LogP contribution in [0.2, 0.25) is 0 Å². The van der Waals surface area contributed by atoms with Gasteiger partial charge in [-0.3, -0.25) is 0 Å². The molecule has 4 rings (SSSR count). The Hall–Kier alpha value is -1.63. The highest BCUT2D eigenvalue weighted by atomic mass is 35.6. The first-order valence-electron chi connectivity index (χ1n) is 9.01. The van der Waals surface area contributed by atoms with Crippen LogP contribution >= 0.6 is 34.8 Å². The molecule has 2 aliphatic heterocycles. The zero-order chi connectivity index (χ0) is 19.9. The minimum atomic E-state index is -1.62. The van der Waals surface area contributed by atoms with Crippen molar-refractivity contribution in [2.75, 3.05) is 6.61 Å². The summed E-state index contributed by atoms with van der Waals surface area (Å²) in [5.41, 5.74) is 0.0880. The van der Waals surface area contributed by atoms with Gasteiger partial charge in [-0.2, -0.15) is 0 Å². The van der Waals surface area contributed by atoms with E-state index in [1.54, 1.807) is 17.0 Å². The van der Waals surface area contributed by atoms with Crippen molar-refractivity contribution in [1.82, 2.24) is 4.90 Å². The fourth-order valence-corrected chi connectivity index (χ4v) is 4.21. The number of carbonyl (C=O) groups is 1. The lowest BCUT2D eigenvalue weighted by molar-refractivity contribution is 0.0340. The zero-order valence-corrected chi connectivity index (χ0v) is 17.0. The lowest BCUT2D eigenvalue weighted by atomic mass is 10.00. The first kappa shape index (κ1) is 19.7. The summed E-state index contributed by atoms with van der Waals surface area (Å²) in [7, 11) is 0. The van der Waals surface area contributed by atoms with Crippen LogP contribution in [-0.4, -0.2) is 39.6 Å². The lowest BCUT2D eigenvalue weighted by Crippen LogP contribution is -2.49. The SMILES string of the molecule is O=C(OCC(Cl)(Cl)Cl)N1C2CCC1CC(Oc1ccc3ccc(=O)oc3c1)C2. The topological polar surface area (TPSA) is 69.0 Å². The van der Waals surface area contributed by atoms with Gasteiger partial charge in [-0.1, -0.05) is 34.8 Å². The molecule has 6 nitrogen and oxygen atoms in total. The van der Waals surface area contributed by atoms with Gasteiger partial charge in [0.05, 0.1) is 0 Å². The first-order chi connectivity index (χ1) is 13.3. The van der Waals surface area contributed by atoms with Crippen LogP contribution in [0.15, 0.2) is 39.5 Å². The number of alkyl halides is 3. The third-order valence-corrected chi connectivity index (χ3v) is 5.48. The Morgan fingerprint density at radius 3 is 2.50 bits per heavy atom. The minimum Gasteiger partial charge on any atom is -0.490 e. The molecular formula is C19H18Cl3NO5. The van der Waals surface area contributed by atoms with Crippen LogP contribution in [0.25, 0.3) is 11.0 Å². The molecule has 9 heteroatoms. The van der Waals surface area contributed by atoms with E-state index in [0.717, 1.165) is 18.2 Å². The van der Waals surface area contributed by atoms with E-state index in [1.165, 1.54) is 6.07 Å². The largest absolute Gasteiger partial charge is 0.490 e. The minimum absolute atomic E-state index is 0.0324. The average Bonchev–Trinajstić information content (AvgIpc) is 2.89. The van der Waals surface area contributed by atoms with Crippen LogP contribution in [0.3, 0.4) is 0 Å². The normalized spacial score (nSPS) is 24.4. The third kappa shape index (κ3) is 4.34. The van der Waals surface area contributed by atoms with Crippen molar-refractivity contribution in [1.29, 1.82) is 0 Å². The molecule has 2 saturated heterocycles. The number of hydrogen-bond donors (Lipinski definition) is 0. The van der Waals surface area contributed by atoms with E-state index in [1.807, 2.05) is 12.1 Å². The summed E-state index contributed by atoms with van der Waals surface area (Å²) in [5, 5.41) is 0.832. The predicted molar refractivity (Wildman–Crippen MR) is 106 cm³/mol. The van der Waals surface area contributed by atoms with Gasteiger partial charge >= 0.3 is 11.7 Å². The molecule has 1 aromatic heterocycles. The van der Waals surface area contributed by atoms with Crippen molar-refractivity contribution in [3.8, 4) is 5.75 Å². The molecule has 2 bridgehead atoms. The monoisotopic (exact) mass is 445 g/mol. The molecule has 2 atom stereocenters. The molecule has 0 spiro atoms. The molecule has 2 aromatic rings. The van der Waals surface area contributed by atoms with Crippen LogP contribution in [0.5, 0.6) is 5.75 Å². The number of nitrogens with zero attached hydrogens (tertiary/aromatic N) is 1. The summed E-state index contributed by atoms with van der Waals surface area (Å²) < 4.78 is 14.9. The quantitative estimate of drug-likeness (QED) is 0.506. The maximum Gasteiger partial charge on any atom is 0.410 e. The molecule has 3 heterocycles. The van der Waals surface area contributed by atoms with Crippen molar-refractivity contribution in [2.24, 2.45) is 0 Å². The molecular weight excluding hydrogens is 429 g/mol. The second kappa shape index (κ2) is 7.65. The highest BCUT2D eigenvalue weighted by Crippen LogP contribution is 2.38. The molecule has 1 aromatic carbocycles. The molecule has 28 heavy (non-hydrogen) atoms. The van der Waals surface area contributed by atoms with E-state index in [9.17, 15) is 9.59 Å². The number of piperidine rings is 1. The average molecular weight is 447 g/mol. The predicted octanol–water partition coefficient (Wildman–Crippen LogP) is 4.67. The van der Waals surface area contributed by atoms with E-state index < -0.39 is 15.5 Å². The zero-order valence-electron chi connectivity index (χ0n) is 14.8. The standard InChI is InChI=1S/C19H18Cl3NO5/c20-19(21,22)10-26-18(25)23-12-3-4-13(23)8-15(7-12)27-14-5-1-11-2-6-17(24)28-16(11)9-14/h1-2,5-6,9,12-13,15H,3-4,7-8,10H2. The Balaban J connectivity index is 1.42. The van der Waals surface area contributed by atoms with Gasteiger partial charge < -0.3 is 18.8 Å². The maximum absolute atomic E-state index is 12.4. The Labute approximate surface area is 176 Å². The van der Waals surface area contributed by atoms with Gasteiger partial charge in [0, 0.05) is 42.4 Å². The van der Waals surface area contributed by atoms with E-state index >= 15 is 0 Å². The van der Waals surface area contributed by atoms with Crippen LogP contribution in [0, 0.1) is 0 Å². The van der Waals surface area contributed by atoms with Crippen molar-refractivity contribution >= 4 is 51.9 Å². The Kier molecular flexibility index (Phi) is 5.38. The maximum atomic E-state index is 12.4. The molecule has 0 radical (unpaired) electrons. The van der Waals surface area contributed by atoms with Crippen molar-refractivity contribution in [3.05, 3.63) is 40.8 Å². The number of amides is 1.